The van der Waals surface area contributed by atoms with E-state index in [2.05, 4.69) is 16.6 Å². The Morgan fingerprint density at radius 1 is 2.00 bits per heavy atom. The maximum Gasteiger partial charge on any atom is 0.0783 e. The summed E-state index contributed by atoms with van der Waals surface area (Å²) in [5, 5.41) is 11.5. The van der Waals surface area contributed by atoms with E-state index in [0.717, 1.165) is 0 Å². The summed E-state index contributed by atoms with van der Waals surface area (Å²) >= 11 is 0. The van der Waals surface area contributed by atoms with Crippen LogP contribution < -0.4 is 0 Å². The van der Waals surface area contributed by atoms with Gasteiger partial charge in [0.15, 0.2) is 0 Å². The van der Waals surface area contributed by atoms with Gasteiger partial charge < -0.3 is 5.11 Å². The van der Waals surface area contributed by atoms with Gasteiger partial charge in [-0.2, -0.15) is 0 Å². The molecule has 1 N–H and O–H groups in total. The quantitative estimate of drug-likeness (QED) is 0.250. The van der Waals surface area contributed by atoms with Crippen molar-refractivity contribution in [1.82, 2.24) is 0 Å². The molecule has 0 aliphatic rings. The maximum atomic E-state index is 8.32. The minimum Gasteiger partial charge on any atom is -0.396 e. The number of hydrogen-bond donors (Lipinski definition) is 1. The van der Waals surface area contributed by atoms with Gasteiger partial charge in [-0.3, -0.25) is 0 Å². The van der Waals surface area contributed by atoms with Gasteiger partial charge in [-0.25, -0.2) is 0 Å². The Morgan fingerprint density at radius 2 is 2.62 bits per heavy atom. The Kier molecular flexibility index (Phi) is 3.66. The zero-order valence-electron chi connectivity index (χ0n) is 4.36. The van der Waals surface area contributed by atoms with Crippen molar-refractivity contribution in [2.75, 3.05) is 6.61 Å². The predicted molar refractivity (Wildman–Crippen MR) is 30.2 cm³/mol. The topological polar surface area (TPSA) is 69.0 Å². The normalized spacial score (nSPS) is 11.6. The molecule has 0 aliphatic carbocycles. The van der Waals surface area contributed by atoms with Gasteiger partial charge >= 0.3 is 0 Å². The Bertz CT molecular complexity index is 116. The minimum atomic E-state index is -0.472. The van der Waals surface area contributed by atoms with Crippen molar-refractivity contribution in [3.8, 4) is 0 Å². The third kappa shape index (κ3) is 2.23. The zero-order chi connectivity index (χ0) is 6.41. The smallest absolute Gasteiger partial charge is 0.0783 e. The van der Waals surface area contributed by atoms with Gasteiger partial charge in [0.1, 0.15) is 0 Å². The maximum absolute atomic E-state index is 8.32. The highest BCUT2D eigenvalue weighted by Crippen LogP contribution is 1.88. The molecule has 0 saturated carbocycles. The molecule has 0 aromatic rings. The molecule has 0 radical (unpaired) electrons. The number of aliphatic hydroxyl groups excluding tert-OH is 1. The van der Waals surface area contributed by atoms with E-state index in [1.54, 1.807) is 0 Å². The summed E-state index contributed by atoms with van der Waals surface area (Å²) in [6, 6.07) is -0.472. The Balaban J connectivity index is 3.69. The minimum absolute atomic E-state index is 0.173. The molecule has 0 bridgehead atoms. The summed E-state index contributed by atoms with van der Waals surface area (Å²) in [5.74, 6) is 0. The molecule has 0 aromatic carbocycles. The fraction of sp³-hybridized carbons (Fsp3) is 0.500. The molecule has 1 atom stereocenters. The molecule has 0 aromatic heterocycles. The molecule has 0 saturated heterocycles. The van der Waals surface area contributed by atoms with Gasteiger partial charge in [0.2, 0.25) is 0 Å². The third-order valence-electron chi connectivity index (χ3n) is 0.659. The summed E-state index contributed by atoms with van der Waals surface area (Å²) in [5.41, 5.74) is 7.80. The summed E-state index contributed by atoms with van der Waals surface area (Å²) in [7, 11) is 0. The highest BCUT2D eigenvalue weighted by molar-refractivity contribution is 4.84. The van der Waals surface area contributed by atoms with Crippen LogP contribution in [0.15, 0.2) is 17.8 Å². The fourth-order valence-electron chi connectivity index (χ4n) is 0.225. The van der Waals surface area contributed by atoms with Gasteiger partial charge in [0, 0.05) is 4.91 Å². The second-order valence-corrected chi connectivity index (χ2v) is 1.19. The summed E-state index contributed by atoms with van der Waals surface area (Å²) in [6.45, 7) is 3.15. The van der Waals surface area contributed by atoms with E-state index in [-0.39, 0.29) is 6.61 Å². The monoisotopic (exact) mass is 113 g/mol. The highest BCUT2D eigenvalue weighted by atomic mass is 16.3. The van der Waals surface area contributed by atoms with Crippen molar-refractivity contribution in [1.29, 1.82) is 0 Å². The molecule has 0 spiro atoms. The largest absolute Gasteiger partial charge is 0.396 e. The summed E-state index contributed by atoms with van der Waals surface area (Å²) in [4.78, 5) is 2.47. The van der Waals surface area contributed by atoms with Gasteiger partial charge in [0.25, 0.3) is 0 Å². The van der Waals surface area contributed by atoms with Gasteiger partial charge in [-0.15, -0.1) is 6.58 Å². The van der Waals surface area contributed by atoms with Crippen LogP contribution >= 0.6 is 0 Å². The number of aliphatic hydroxyl groups is 1. The first-order valence-electron chi connectivity index (χ1n) is 2.12. The summed E-state index contributed by atoms with van der Waals surface area (Å²) < 4.78 is 0. The van der Waals surface area contributed by atoms with E-state index >= 15 is 0 Å². The first-order valence-corrected chi connectivity index (χ1v) is 2.12. The molecule has 1 unspecified atom stereocenters. The molecule has 44 valence electrons. The van der Waals surface area contributed by atoms with Crippen LogP contribution in [0.1, 0.15) is 0 Å². The molecule has 0 rings (SSSR count). The van der Waals surface area contributed by atoms with Crippen molar-refractivity contribution in [3.05, 3.63) is 23.1 Å². The van der Waals surface area contributed by atoms with Crippen LogP contribution in [-0.2, 0) is 0 Å². The second-order valence-electron chi connectivity index (χ2n) is 1.19. The first kappa shape index (κ1) is 7.01. The van der Waals surface area contributed by atoms with E-state index in [1.807, 2.05) is 0 Å². The molecule has 0 amide bonds. The molecule has 0 fully saturated rings. The molecular weight excluding hydrogens is 106 g/mol. The number of hydrogen-bond acceptors (Lipinski definition) is 2. The van der Waals surface area contributed by atoms with Crippen LogP contribution in [-0.4, -0.2) is 17.8 Å². The predicted octanol–water partition coefficient (Wildman–Crippen LogP) is 0.844. The molecular formula is C4H7N3O. The number of rotatable bonds is 3. The van der Waals surface area contributed by atoms with Crippen LogP contribution in [0.2, 0.25) is 0 Å². The number of azide groups is 1. The molecule has 0 heterocycles. The van der Waals surface area contributed by atoms with Gasteiger partial charge in [-0.05, 0) is 5.53 Å². The molecule has 0 aliphatic heterocycles. The van der Waals surface area contributed by atoms with E-state index < -0.39 is 6.04 Å². The lowest BCUT2D eigenvalue weighted by Crippen LogP contribution is -2.03. The zero-order valence-corrected chi connectivity index (χ0v) is 4.36. The van der Waals surface area contributed by atoms with Crippen molar-refractivity contribution in [2.45, 2.75) is 6.04 Å². The summed E-state index contributed by atoms with van der Waals surface area (Å²) in [6.07, 6.45) is 1.39. The van der Waals surface area contributed by atoms with Crippen LogP contribution in [0.3, 0.4) is 0 Å². The highest BCUT2D eigenvalue weighted by Gasteiger charge is 1.93. The van der Waals surface area contributed by atoms with Crippen LogP contribution in [0.25, 0.3) is 10.4 Å². The average molecular weight is 113 g/mol. The Morgan fingerprint density at radius 3 is 2.75 bits per heavy atom. The van der Waals surface area contributed by atoms with Gasteiger partial charge in [-0.1, -0.05) is 11.2 Å². The lowest BCUT2D eigenvalue weighted by Gasteiger charge is -1.94. The van der Waals surface area contributed by atoms with Crippen molar-refractivity contribution >= 4 is 0 Å². The van der Waals surface area contributed by atoms with E-state index in [9.17, 15) is 0 Å². The van der Waals surface area contributed by atoms with Crippen molar-refractivity contribution in [3.63, 3.8) is 0 Å². The van der Waals surface area contributed by atoms with E-state index in [0.29, 0.717) is 0 Å². The van der Waals surface area contributed by atoms with E-state index in [4.69, 9.17) is 10.6 Å². The van der Waals surface area contributed by atoms with Crippen LogP contribution in [0.4, 0.5) is 0 Å². The molecule has 4 heteroatoms. The Hall–Kier alpha value is -0.990. The SMILES string of the molecule is C=CC(CO)N=[N+]=[N-]. The lowest BCUT2D eigenvalue weighted by atomic mass is 10.3. The van der Waals surface area contributed by atoms with Crippen molar-refractivity contribution in [2.24, 2.45) is 5.11 Å². The van der Waals surface area contributed by atoms with Gasteiger partial charge in [0.05, 0.1) is 12.6 Å². The second kappa shape index (κ2) is 4.18. The third-order valence-corrected chi connectivity index (χ3v) is 0.659. The first-order chi connectivity index (χ1) is 3.85. The van der Waals surface area contributed by atoms with E-state index in [1.165, 1.54) is 6.08 Å². The van der Waals surface area contributed by atoms with Crippen LogP contribution in [0.5, 0.6) is 0 Å². The number of nitrogens with zero attached hydrogens (tertiary/aromatic N) is 3. The molecule has 8 heavy (non-hydrogen) atoms. The average Bonchev–Trinajstić information content (AvgIpc) is 1.83. The van der Waals surface area contributed by atoms with Crippen molar-refractivity contribution < 1.29 is 5.11 Å². The Labute approximate surface area is 47.1 Å². The van der Waals surface area contributed by atoms with Crippen LogP contribution in [0, 0.1) is 0 Å². The standard InChI is InChI=1S/C4H7N3O/c1-2-4(3-8)6-7-5/h2,4,8H,1,3H2. The fourth-order valence-corrected chi connectivity index (χ4v) is 0.225. The lowest BCUT2D eigenvalue weighted by molar-refractivity contribution is 0.284. The molecule has 4 nitrogen and oxygen atoms in total.